The normalized spacial score (nSPS) is 34.3. The molecule has 1 heterocycles. The van der Waals surface area contributed by atoms with Crippen molar-refractivity contribution in [3.05, 3.63) is 35.3 Å². The van der Waals surface area contributed by atoms with Crippen LogP contribution in [0.5, 0.6) is 0 Å². The summed E-state index contributed by atoms with van der Waals surface area (Å²) in [6.07, 6.45) is 9.22. The fraction of sp³-hybridized carbons (Fsp3) is 0.611. The van der Waals surface area contributed by atoms with Crippen molar-refractivity contribution in [3.8, 4) is 0 Å². The minimum atomic E-state index is -0.603. The van der Waals surface area contributed by atoms with Crippen molar-refractivity contribution in [2.24, 2.45) is 23.2 Å². The van der Waals surface area contributed by atoms with Crippen LogP contribution >= 0.6 is 0 Å². The summed E-state index contributed by atoms with van der Waals surface area (Å²) in [4.78, 5) is 24.8. The molecule has 0 atom stereocenters. The number of hydrogen-bond donors (Lipinski definition) is 0. The summed E-state index contributed by atoms with van der Waals surface area (Å²) in [7, 11) is 0. The highest BCUT2D eigenvalue weighted by atomic mass is 16.5. The topological polar surface area (TPSA) is 70.3 Å². The Hall–Kier alpha value is -1.91. The summed E-state index contributed by atoms with van der Waals surface area (Å²) in [5.41, 5.74) is -0.0646. The Morgan fingerprint density at radius 3 is 2.35 bits per heavy atom. The molecule has 122 valence electrons. The highest BCUT2D eigenvalue weighted by Crippen LogP contribution is 2.60. The molecule has 0 spiro atoms. The van der Waals surface area contributed by atoms with E-state index in [1.807, 2.05) is 0 Å². The molecule has 0 aliphatic heterocycles. The molecule has 4 saturated carbocycles. The predicted molar refractivity (Wildman–Crippen MR) is 81.3 cm³/mol. The molecule has 0 aromatic carbocycles. The molecule has 1 aromatic rings. The van der Waals surface area contributed by atoms with Crippen LogP contribution in [0.2, 0.25) is 0 Å². The molecule has 4 aliphatic rings. The van der Waals surface area contributed by atoms with Gasteiger partial charge in [0.25, 0.3) is 0 Å². The first-order valence-electron chi connectivity index (χ1n) is 8.43. The molecule has 0 amide bonds. The van der Waals surface area contributed by atoms with E-state index in [9.17, 15) is 14.8 Å². The third-order valence-electron chi connectivity index (χ3n) is 5.97. The number of carbonyl (C=O) groups is 2. The van der Waals surface area contributed by atoms with Gasteiger partial charge in [-0.3, -0.25) is 4.79 Å². The Kier molecular flexibility index (Phi) is 3.39. The maximum Gasteiger partial charge on any atom is 0.344 e. The van der Waals surface area contributed by atoms with Gasteiger partial charge in [-0.25, -0.2) is 4.79 Å². The van der Waals surface area contributed by atoms with Crippen LogP contribution in [0.4, 0.5) is 0 Å². The fourth-order valence-electron chi connectivity index (χ4n) is 5.40. The summed E-state index contributed by atoms with van der Waals surface area (Å²) < 4.78 is 5.75. The smallest absolute Gasteiger partial charge is 0.344 e. The number of ether oxygens (including phenoxy) is 1. The quantitative estimate of drug-likeness (QED) is 0.485. The monoisotopic (exact) mass is 315 g/mol. The van der Waals surface area contributed by atoms with Gasteiger partial charge < -0.3 is 9.94 Å². The number of rotatable bonds is 4. The number of Topliss-reactive ketones (excluding diaryl/α,β-unsaturated/α-hetero) is 1. The van der Waals surface area contributed by atoms with Crippen LogP contribution in [0.15, 0.2) is 24.5 Å². The van der Waals surface area contributed by atoms with Crippen molar-refractivity contribution >= 4 is 11.8 Å². The molecule has 4 aliphatic carbocycles. The number of esters is 1. The number of ketones is 1. The summed E-state index contributed by atoms with van der Waals surface area (Å²) in [6.45, 7) is -0.168. The first kappa shape index (κ1) is 14.7. The van der Waals surface area contributed by atoms with E-state index in [4.69, 9.17) is 4.74 Å². The second kappa shape index (κ2) is 5.32. The first-order chi connectivity index (χ1) is 11.0. The number of pyridine rings is 1. The largest absolute Gasteiger partial charge is 0.619 e. The minimum Gasteiger partial charge on any atom is -0.619 e. The molecule has 5 nitrogen and oxygen atoms in total. The third-order valence-corrected chi connectivity index (χ3v) is 5.97. The number of aromatic nitrogens is 1. The van der Waals surface area contributed by atoms with Crippen molar-refractivity contribution in [3.63, 3.8) is 0 Å². The van der Waals surface area contributed by atoms with Crippen LogP contribution in [-0.2, 0) is 9.53 Å². The Morgan fingerprint density at radius 2 is 1.78 bits per heavy atom. The fourth-order valence-corrected chi connectivity index (χ4v) is 5.40. The zero-order chi connectivity index (χ0) is 16.0. The second-order valence-electron chi connectivity index (χ2n) is 7.65. The second-order valence-corrected chi connectivity index (χ2v) is 7.65. The predicted octanol–water partition coefficient (Wildman–Crippen LogP) is 2.26. The van der Waals surface area contributed by atoms with Crippen LogP contribution in [0.1, 0.15) is 48.9 Å². The van der Waals surface area contributed by atoms with Crippen LogP contribution in [0, 0.1) is 28.4 Å². The number of carbonyl (C=O) groups excluding carboxylic acids is 2. The Bertz CT molecular complexity index is 619. The van der Waals surface area contributed by atoms with E-state index in [1.54, 1.807) is 0 Å². The van der Waals surface area contributed by atoms with Gasteiger partial charge in [-0.05, 0) is 62.3 Å². The standard InChI is InChI=1S/C18H21NO4/c20-16(11-23-17(21)15-2-1-3-19(22)10-15)18-7-12-4-13(8-18)6-14(5-12)9-18/h1-3,10,12-14H,4-9,11H2. The first-order valence-corrected chi connectivity index (χ1v) is 8.43. The van der Waals surface area contributed by atoms with Gasteiger partial charge in [0.15, 0.2) is 24.8 Å². The lowest BCUT2D eigenvalue weighted by molar-refractivity contribution is -0.605. The average molecular weight is 315 g/mol. The van der Waals surface area contributed by atoms with Gasteiger partial charge in [0.2, 0.25) is 0 Å². The van der Waals surface area contributed by atoms with E-state index < -0.39 is 5.97 Å². The summed E-state index contributed by atoms with van der Waals surface area (Å²) in [6, 6.07) is 3.01. The van der Waals surface area contributed by atoms with E-state index in [0.29, 0.717) is 22.5 Å². The SMILES string of the molecule is O=C(OCC(=O)C12CC3CC(CC(C3)C1)C2)c1ccc[n+]([O-])c1. The molecule has 0 unspecified atom stereocenters. The molecule has 0 saturated heterocycles. The van der Waals surface area contributed by atoms with Crippen molar-refractivity contribution in [2.45, 2.75) is 38.5 Å². The van der Waals surface area contributed by atoms with Gasteiger partial charge in [0, 0.05) is 11.5 Å². The molecule has 23 heavy (non-hydrogen) atoms. The lowest BCUT2D eigenvalue weighted by atomic mass is 9.48. The van der Waals surface area contributed by atoms with Gasteiger partial charge in [-0.15, -0.1) is 0 Å². The van der Waals surface area contributed by atoms with Gasteiger partial charge >= 0.3 is 5.97 Å². The van der Waals surface area contributed by atoms with E-state index in [1.165, 1.54) is 37.6 Å². The number of nitrogens with zero attached hydrogens (tertiary/aromatic N) is 1. The molecule has 4 fully saturated rings. The summed E-state index contributed by atoms with van der Waals surface area (Å²) in [5, 5.41) is 11.2. The molecular formula is C18H21NO4. The van der Waals surface area contributed by atoms with Gasteiger partial charge in [-0.1, -0.05) is 0 Å². The van der Waals surface area contributed by atoms with E-state index >= 15 is 0 Å². The average Bonchev–Trinajstić information content (AvgIpc) is 2.51. The molecule has 0 N–H and O–H groups in total. The van der Waals surface area contributed by atoms with Crippen LogP contribution in [0.3, 0.4) is 0 Å². The van der Waals surface area contributed by atoms with E-state index in [-0.39, 0.29) is 23.4 Å². The van der Waals surface area contributed by atoms with E-state index in [2.05, 4.69) is 0 Å². The van der Waals surface area contributed by atoms with Crippen molar-refractivity contribution in [1.29, 1.82) is 0 Å². The zero-order valence-corrected chi connectivity index (χ0v) is 13.1. The highest BCUT2D eigenvalue weighted by Gasteiger charge is 2.54. The third kappa shape index (κ3) is 2.62. The molecule has 4 bridgehead atoms. The lowest BCUT2D eigenvalue weighted by Crippen LogP contribution is -2.51. The Balaban J connectivity index is 1.41. The van der Waals surface area contributed by atoms with Crippen molar-refractivity contribution in [1.82, 2.24) is 0 Å². The van der Waals surface area contributed by atoms with E-state index in [0.717, 1.165) is 25.5 Å². The highest BCUT2D eigenvalue weighted by molar-refractivity contribution is 5.92. The van der Waals surface area contributed by atoms with Gasteiger partial charge in [0.1, 0.15) is 5.56 Å². The number of hydrogen-bond acceptors (Lipinski definition) is 4. The van der Waals surface area contributed by atoms with Crippen LogP contribution < -0.4 is 4.73 Å². The molecule has 5 heteroatoms. The lowest BCUT2D eigenvalue weighted by Gasteiger charge is -2.55. The molecular weight excluding hydrogens is 294 g/mol. The van der Waals surface area contributed by atoms with Crippen molar-refractivity contribution < 1.29 is 19.1 Å². The summed E-state index contributed by atoms with van der Waals surface area (Å²) in [5.74, 6) is 1.54. The zero-order valence-electron chi connectivity index (χ0n) is 13.1. The Labute approximate surface area is 135 Å². The van der Waals surface area contributed by atoms with Crippen molar-refractivity contribution in [2.75, 3.05) is 6.61 Å². The summed E-state index contributed by atoms with van der Waals surface area (Å²) >= 11 is 0. The maximum absolute atomic E-state index is 12.8. The van der Waals surface area contributed by atoms with Crippen LogP contribution in [-0.4, -0.2) is 18.4 Å². The maximum atomic E-state index is 12.8. The molecule has 0 radical (unpaired) electrons. The van der Waals surface area contributed by atoms with Gasteiger partial charge in [0.05, 0.1) is 0 Å². The van der Waals surface area contributed by atoms with Crippen LogP contribution in [0.25, 0.3) is 0 Å². The molecule has 5 rings (SSSR count). The Morgan fingerprint density at radius 1 is 1.17 bits per heavy atom. The van der Waals surface area contributed by atoms with Gasteiger partial charge in [-0.2, -0.15) is 4.73 Å². The molecule has 1 aromatic heterocycles. The minimum absolute atomic E-state index is 0.0795.